The predicted molar refractivity (Wildman–Crippen MR) is 110 cm³/mol. The number of amides is 3. The molecule has 2 aromatic carbocycles. The zero-order chi connectivity index (χ0) is 19.9. The first kappa shape index (κ1) is 20.0. The van der Waals surface area contributed by atoms with E-state index >= 15 is 0 Å². The Labute approximate surface area is 170 Å². The summed E-state index contributed by atoms with van der Waals surface area (Å²) in [6, 6.07) is 14.7. The number of halogens is 1. The molecule has 3 rings (SSSR count). The van der Waals surface area contributed by atoms with E-state index in [4.69, 9.17) is 16.3 Å². The van der Waals surface area contributed by atoms with E-state index in [1.807, 2.05) is 37.3 Å². The van der Waals surface area contributed by atoms with Crippen molar-refractivity contribution in [3.8, 4) is 5.75 Å². The van der Waals surface area contributed by atoms with Gasteiger partial charge in [-0.05, 0) is 42.8 Å². The Balaban J connectivity index is 1.40. The van der Waals surface area contributed by atoms with Gasteiger partial charge >= 0.3 is 6.03 Å². The smallest absolute Gasteiger partial charge is 0.321 e. The van der Waals surface area contributed by atoms with Gasteiger partial charge in [0, 0.05) is 36.9 Å². The summed E-state index contributed by atoms with van der Waals surface area (Å²) in [6.45, 7) is 4.36. The summed E-state index contributed by atoms with van der Waals surface area (Å²) in [5.41, 5.74) is 1.87. The van der Waals surface area contributed by atoms with Gasteiger partial charge in [0.15, 0.2) is 0 Å². The fourth-order valence-corrected chi connectivity index (χ4v) is 3.24. The highest BCUT2D eigenvalue weighted by molar-refractivity contribution is 6.30. The topological polar surface area (TPSA) is 61.9 Å². The maximum absolute atomic E-state index is 12.4. The van der Waals surface area contributed by atoms with Crippen molar-refractivity contribution >= 4 is 29.2 Å². The van der Waals surface area contributed by atoms with Crippen LogP contribution in [0, 0.1) is 6.92 Å². The lowest BCUT2D eigenvalue weighted by Crippen LogP contribution is -2.51. The maximum Gasteiger partial charge on any atom is 0.321 e. The summed E-state index contributed by atoms with van der Waals surface area (Å²) < 4.78 is 5.58. The molecule has 6 nitrogen and oxygen atoms in total. The van der Waals surface area contributed by atoms with Gasteiger partial charge in [0.2, 0.25) is 5.91 Å². The quantitative estimate of drug-likeness (QED) is 0.829. The van der Waals surface area contributed by atoms with Crippen LogP contribution < -0.4 is 10.1 Å². The average molecular weight is 402 g/mol. The van der Waals surface area contributed by atoms with Gasteiger partial charge in [-0.25, -0.2) is 4.79 Å². The zero-order valence-corrected chi connectivity index (χ0v) is 16.6. The molecule has 0 aliphatic carbocycles. The van der Waals surface area contributed by atoms with Crippen molar-refractivity contribution in [2.24, 2.45) is 0 Å². The molecular weight excluding hydrogens is 378 g/mol. The van der Waals surface area contributed by atoms with E-state index in [0.717, 1.165) is 11.3 Å². The third-order valence-electron chi connectivity index (χ3n) is 4.57. The van der Waals surface area contributed by atoms with Crippen molar-refractivity contribution < 1.29 is 14.3 Å². The number of hydrogen-bond acceptors (Lipinski definition) is 3. The Morgan fingerprint density at radius 2 is 1.75 bits per heavy atom. The summed E-state index contributed by atoms with van der Waals surface area (Å²) in [5.74, 6) is 0.679. The largest absolute Gasteiger partial charge is 0.493 e. The zero-order valence-electron chi connectivity index (χ0n) is 15.9. The van der Waals surface area contributed by atoms with Gasteiger partial charge in [-0.1, -0.05) is 29.8 Å². The predicted octanol–water partition coefficient (Wildman–Crippen LogP) is 3.79. The molecular formula is C21H24ClN3O3. The maximum atomic E-state index is 12.4. The van der Waals surface area contributed by atoms with Gasteiger partial charge in [-0.3, -0.25) is 4.79 Å². The van der Waals surface area contributed by atoms with E-state index in [9.17, 15) is 9.59 Å². The van der Waals surface area contributed by atoms with Crippen molar-refractivity contribution in [1.82, 2.24) is 9.80 Å². The van der Waals surface area contributed by atoms with Crippen molar-refractivity contribution in [3.05, 3.63) is 59.1 Å². The Morgan fingerprint density at radius 1 is 1.04 bits per heavy atom. The third kappa shape index (κ3) is 5.63. The molecule has 0 saturated carbocycles. The van der Waals surface area contributed by atoms with E-state index in [1.165, 1.54) is 0 Å². The van der Waals surface area contributed by atoms with Crippen LogP contribution in [0.25, 0.3) is 0 Å². The summed E-state index contributed by atoms with van der Waals surface area (Å²) >= 11 is 5.91. The van der Waals surface area contributed by atoms with E-state index in [0.29, 0.717) is 50.0 Å². The fraction of sp³-hybridized carbons (Fsp3) is 0.333. The Kier molecular flexibility index (Phi) is 6.76. The average Bonchev–Trinajstić information content (AvgIpc) is 2.68. The third-order valence-corrected chi connectivity index (χ3v) is 4.80. The number of anilines is 1. The fourth-order valence-electron chi connectivity index (χ4n) is 3.06. The summed E-state index contributed by atoms with van der Waals surface area (Å²) in [7, 11) is 0. The second-order valence-corrected chi connectivity index (χ2v) is 7.16. The highest BCUT2D eigenvalue weighted by Gasteiger charge is 2.24. The monoisotopic (exact) mass is 401 g/mol. The Hall–Kier alpha value is -2.73. The number of benzene rings is 2. The van der Waals surface area contributed by atoms with Gasteiger partial charge in [0.25, 0.3) is 0 Å². The second kappa shape index (κ2) is 9.46. The minimum atomic E-state index is -0.137. The van der Waals surface area contributed by atoms with Crippen LogP contribution in [0.3, 0.4) is 0 Å². The van der Waals surface area contributed by atoms with Crippen molar-refractivity contribution in [1.29, 1.82) is 0 Å². The SMILES string of the molecule is Cc1cccc(NC(=O)N2CCN(C(=O)CCOc3cccc(Cl)c3)CC2)c1. The molecule has 0 radical (unpaired) electrons. The number of carbonyl (C=O) groups is 2. The number of rotatable bonds is 5. The van der Waals surface area contributed by atoms with E-state index in [-0.39, 0.29) is 11.9 Å². The van der Waals surface area contributed by atoms with Gasteiger partial charge in [-0.2, -0.15) is 0 Å². The molecule has 1 saturated heterocycles. The molecule has 148 valence electrons. The van der Waals surface area contributed by atoms with Crippen LogP contribution in [0.1, 0.15) is 12.0 Å². The first-order valence-corrected chi connectivity index (χ1v) is 9.68. The highest BCUT2D eigenvalue weighted by atomic mass is 35.5. The van der Waals surface area contributed by atoms with E-state index in [1.54, 1.807) is 28.0 Å². The van der Waals surface area contributed by atoms with Crippen molar-refractivity contribution in [2.45, 2.75) is 13.3 Å². The number of ether oxygens (including phenoxy) is 1. The standard InChI is InChI=1S/C21H24ClN3O3/c1-16-4-2-6-18(14-16)23-21(27)25-11-9-24(10-12-25)20(26)8-13-28-19-7-3-5-17(22)15-19/h2-7,14-15H,8-13H2,1H3,(H,23,27). The van der Waals surface area contributed by atoms with E-state index in [2.05, 4.69) is 5.32 Å². The first-order valence-electron chi connectivity index (χ1n) is 9.30. The molecule has 1 aliphatic rings. The number of carbonyl (C=O) groups excluding carboxylic acids is 2. The number of hydrogen-bond donors (Lipinski definition) is 1. The summed E-state index contributed by atoms with van der Waals surface area (Å²) in [6.07, 6.45) is 0.294. The lowest BCUT2D eigenvalue weighted by molar-refractivity contribution is -0.133. The van der Waals surface area contributed by atoms with Gasteiger partial charge < -0.3 is 19.9 Å². The molecule has 0 bridgehead atoms. The molecule has 2 aromatic rings. The molecule has 0 spiro atoms. The molecule has 1 heterocycles. The number of nitrogens with one attached hydrogen (secondary N) is 1. The minimum absolute atomic E-state index is 0.0285. The number of aryl methyl sites for hydroxylation is 1. The van der Waals surface area contributed by atoms with Gasteiger partial charge in [0.05, 0.1) is 13.0 Å². The number of urea groups is 1. The van der Waals surface area contributed by atoms with Crippen LogP contribution in [0.5, 0.6) is 5.75 Å². The van der Waals surface area contributed by atoms with Crippen LogP contribution in [0.2, 0.25) is 5.02 Å². The molecule has 28 heavy (non-hydrogen) atoms. The first-order chi connectivity index (χ1) is 13.5. The molecule has 7 heteroatoms. The lowest BCUT2D eigenvalue weighted by Gasteiger charge is -2.34. The number of nitrogens with zero attached hydrogens (tertiary/aromatic N) is 2. The molecule has 0 unspecified atom stereocenters. The van der Waals surface area contributed by atoms with Crippen LogP contribution in [0.15, 0.2) is 48.5 Å². The molecule has 1 aliphatic heterocycles. The summed E-state index contributed by atoms with van der Waals surface area (Å²) in [4.78, 5) is 28.3. The second-order valence-electron chi connectivity index (χ2n) is 6.72. The van der Waals surface area contributed by atoms with Crippen LogP contribution >= 0.6 is 11.6 Å². The number of piperazine rings is 1. The van der Waals surface area contributed by atoms with Crippen molar-refractivity contribution in [3.63, 3.8) is 0 Å². The summed E-state index contributed by atoms with van der Waals surface area (Å²) in [5, 5.41) is 3.51. The normalized spacial score (nSPS) is 13.9. The minimum Gasteiger partial charge on any atom is -0.493 e. The van der Waals surface area contributed by atoms with Crippen LogP contribution in [-0.4, -0.2) is 54.5 Å². The molecule has 1 fully saturated rings. The molecule has 1 N–H and O–H groups in total. The van der Waals surface area contributed by atoms with Crippen LogP contribution in [-0.2, 0) is 4.79 Å². The van der Waals surface area contributed by atoms with Gasteiger partial charge in [-0.15, -0.1) is 0 Å². The van der Waals surface area contributed by atoms with Crippen LogP contribution in [0.4, 0.5) is 10.5 Å². The Bertz CT molecular complexity index is 835. The van der Waals surface area contributed by atoms with E-state index < -0.39 is 0 Å². The molecule has 3 amide bonds. The molecule has 0 aromatic heterocycles. The van der Waals surface area contributed by atoms with Gasteiger partial charge in [0.1, 0.15) is 5.75 Å². The highest BCUT2D eigenvalue weighted by Crippen LogP contribution is 2.17. The van der Waals surface area contributed by atoms with Crippen molar-refractivity contribution in [2.75, 3.05) is 38.1 Å². The Morgan fingerprint density at radius 3 is 2.46 bits per heavy atom. The molecule has 0 atom stereocenters. The lowest BCUT2D eigenvalue weighted by atomic mass is 10.2.